The maximum Gasteiger partial charge on any atom is 2.00 e. The molecule has 5 rings (SSSR count). The molecule has 3 aromatic heterocycles. The predicted molar refractivity (Wildman–Crippen MR) is 163 cm³/mol. The van der Waals surface area contributed by atoms with Crippen molar-refractivity contribution >= 4 is 56.3 Å². The molecular formula is C34H36N4O4V. The third-order valence-corrected chi connectivity index (χ3v) is 8.67. The number of nitrogens with one attached hydrogen (secondary N) is 2. The van der Waals surface area contributed by atoms with Gasteiger partial charge in [0.1, 0.15) is 0 Å². The molecule has 0 aliphatic carbocycles. The van der Waals surface area contributed by atoms with Crippen LogP contribution in [-0.4, -0.2) is 31.9 Å². The monoisotopic (exact) mass is 615 g/mol. The Bertz CT molecular complexity index is 1860. The molecule has 0 saturated carbocycles. The molecule has 2 aliphatic heterocycles. The first-order valence-corrected chi connectivity index (χ1v) is 14.6. The van der Waals surface area contributed by atoms with Crippen molar-refractivity contribution in [2.24, 2.45) is 0 Å². The van der Waals surface area contributed by atoms with Gasteiger partial charge in [-0.1, -0.05) is 13.8 Å². The topological polar surface area (TPSA) is 138 Å². The number of carboxylic acid groups (broad SMARTS) is 2. The number of aryl methyl sites for hydroxylation is 4. The number of carboxylic acids is 2. The van der Waals surface area contributed by atoms with E-state index >= 15 is 0 Å². The zero-order valence-electron chi connectivity index (χ0n) is 25.5. The van der Waals surface area contributed by atoms with Gasteiger partial charge in [0.15, 0.2) is 0 Å². The molecule has 0 spiro atoms. The van der Waals surface area contributed by atoms with Crippen LogP contribution in [0, 0.1) is 13.8 Å². The molecule has 0 saturated heterocycles. The number of aromatic nitrogens is 4. The fourth-order valence-corrected chi connectivity index (χ4v) is 6.21. The van der Waals surface area contributed by atoms with Crippen molar-refractivity contribution in [3.05, 3.63) is 69.3 Å². The number of carbonyl (C=O) groups excluding carboxylic acids is 2. The zero-order valence-corrected chi connectivity index (χ0v) is 26.9. The van der Waals surface area contributed by atoms with Crippen LogP contribution in [-0.2, 0) is 41.0 Å². The average molecular weight is 616 g/mol. The summed E-state index contributed by atoms with van der Waals surface area (Å²) in [7, 11) is 0. The Morgan fingerprint density at radius 2 is 1.02 bits per heavy atom. The molecule has 5 heterocycles. The van der Waals surface area contributed by atoms with Crippen LogP contribution < -0.4 is 10.2 Å². The molecule has 1 radical (unpaired) electrons. The van der Waals surface area contributed by atoms with E-state index in [1.54, 1.807) is 0 Å². The second-order valence-corrected chi connectivity index (χ2v) is 11.1. The number of rotatable bonds is 8. The molecule has 43 heavy (non-hydrogen) atoms. The third kappa shape index (κ3) is 6.13. The van der Waals surface area contributed by atoms with Gasteiger partial charge in [0, 0.05) is 34.0 Å². The molecule has 0 amide bonds. The fourth-order valence-electron chi connectivity index (χ4n) is 6.21. The summed E-state index contributed by atoms with van der Waals surface area (Å²) in [6.07, 6.45) is 1.96. The predicted octanol–water partition coefficient (Wildman–Crippen LogP) is 4.98. The van der Waals surface area contributed by atoms with Gasteiger partial charge in [-0.3, -0.25) is 0 Å². The van der Waals surface area contributed by atoms with Crippen molar-refractivity contribution in [2.75, 3.05) is 0 Å². The summed E-state index contributed by atoms with van der Waals surface area (Å²) in [6, 6.07) is 8.09. The summed E-state index contributed by atoms with van der Waals surface area (Å²) in [6.45, 7) is 12.4. The quantitative estimate of drug-likeness (QED) is 0.367. The van der Waals surface area contributed by atoms with Crippen LogP contribution in [0.25, 0.3) is 44.4 Å². The first kappa shape index (κ1) is 32.0. The molecule has 8 nitrogen and oxygen atoms in total. The van der Waals surface area contributed by atoms with Crippen molar-refractivity contribution in [1.29, 1.82) is 0 Å². The van der Waals surface area contributed by atoms with Crippen LogP contribution in [0.5, 0.6) is 0 Å². The van der Waals surface area contributed by atoms with Gasteiger partial charge < -0.3 is 29.8 Å². The van der Waals surface area contributed by atoms with Crippen LogP contribution in [0.2, 0.25) is 0 Å². The molecule has 0 fully saturated rings. The Balaban J connectivity index is 0.00000423. The minimum atomic E-state index is -1.13. The van der Waals surface area contributed by atoms with Crippen molar-refractivity contribution in [2.45, 2.75) is 80.1 Å². The smallest absolute Gasteiger partial charge is 0.550 e. The normalized spacial score (nSPS) is 13.0. The summed E-state index contributed by atoms with van der Waals surface area (Å²) >= 11 is 0. The van der Waals surface area contributed by atoms with Crippen LogP contribution in [0.15, 0.2) is 24.3 Å². The van der Waals surface area contributed by atoms with Gasteiger partial charge in [-0.2, -0.15) is 0 Å². The number of aromatic amines is 2. The maximum absolute atomic E-state index is 11.4. The molecule has 8 bridgehead atoms. The first-order chi connectivity index (χ1) is 20.0. The average Bonchev–Trinajstić information content (AvgIpc) is 3.59. The standard InChI is InChI=1S/C34H38N4O4.V/c1-7-21-17(3)25-13-26-19(5)23(9-11-33(39)40)31(37-26)16-32-24(10-12-34(41)42)20(6)28(38-32)15-30-22(8-2)18(4)27(36-30)14-29(21)35-25;/h13-16,35-36H,7-12H2,1-6H3,(H,39,40)(H,41,42);/q;+2/p-2. The Labute approximate surface area is 263 Å². The first-order valence-electron chi connectivity index (χ1n) is 14.6. The molecule has 0 unspecified atom stereocenters. The van der Waals surface area contributed by atoms with E-state index < -0.39 is 11.9 Å². The van der Waals surface area contributed by atoms with Crippen molar-refractivity contribution < 1.29 is 38.4 Å². The summed E-state index contributed by atoms with van der Waals surface area (Å²) in [5, 5.41) is 22.8. The molecule has 0 atom stereocenters. The second kappa shape index (κ2) is 12.8. The Morgan fingerprint density at radius 1 is 0.628 bits per heavy atom. The third-order valence-electron chi connectivity index (χ3n) is 8.67. The van der Waals surface area contributed by atoms with Crippen LogP contribution in [0.3, 0.4) is 0 Å². The van der Waals surface area contributed by atoms with Crippen LogP contribution in [0.4, 0.5) is 0 Å². The number of H-pyrrole nitrogens is 2. The van der Waals surface area contributed by atoms with Crippen LogP contribution >= 0.6 is 0 Å². The molecule has 2 N–H and O–H groups in total. The number of allylic oxidation sites excluding steroid dienone is 4. The van der Waals surface area contributed by atoms with E-state index in [0.29, 0.717) is 11.4 Å². The van der Waals surface area contributed by atoms with Crippen LogP contribution in [0.1, 0.15) is 98.4 Å². The maximum atomic E-state index is 11.4. The zero-order chi connectivity index (χ0) is 30.3. The summed E-state index contributed by atoms with van der Waals surface area (Å²) < 4.78 is 0. The minimum absolute atomic E-state index is 0. The van der Waals surface area contributed by atoms with Gasteiger partial charge in [0.05, 0.1) is 22.8 Å². The van der Waals surface area contributed by atoms with E-state index in [1.807, 2.05) is 32.0 Å². The molecule has 2 aliphatic rings. The number of hydrogen-bond acceptors (Lipinski definition) is 6. The van der Waals surface area contributed by atoms with Gasteiger partial charge in [-0.15, -0.1) is 0 Å². The van der Waals surface area contributed by atoms with Gasteiger partial charge >= 0.3 is 18.6 Å². The van der Waals surface area contributed by atoms with Crippen molar-refractivity contribution in [1.82, 2.24) is 19.9 Å². The van der Waals surface area contributed by atoms with Gasteiger partial charge in [0.25, 0.3) is 0 Å². The van der Waals surface area contributed by atoms with E-state index in [-0.39, 0.29) is 44.2 Å². The number of hydrogen-bond donors (Lipinski definition) is 2. The molecule has 3 aromatic rings. The largest absolute Gasteiger partial charge is 2.00 e. The number of carbonyl (C=O) groups is 2. The SMILES string of the molecule is CCc1c(C)c2cc3[nH]c(cc4nc(cc5nc(cc1[nH]2)C(C)=C5CCC(=O)[O-])C(CCC(=O)[O-])=C4C)c(C)c3CC.[V+2]. The van der Waals surface area contributed by atoms with E-state index in [0.717, 1.165) is 74.2 Å². The Morgan fingerprint density at radius 3 is 1.44 bits per heavy atom. The summed E-state index contributed by atoms with van der Waals surface area (Å²) in [4.78, 5) is 40.0. The van der Waals surface area contributed by atoms with E-state index in [9.17, 15) is 19.8 Å². The van der Waals surface area contributed by atoms with Crippen molar-refractivity contribution in [3.63, 3.8) is 0 Å². The molecule has 221 valence electrons. The fraction of sp³-hybridized carbons (Fsp3) is 0.353. The molecular weight excluding hydrogens is 579 g/mol. The second-order valence-electron chi connectivity index (χ2n) is 11.1. The molecule has 0 aromatic carbocycles. The minimum Gasteiger partial charge on any atom is -0.550 e. The Kier molecular flexibility index (Phi) is 9.52. The number of fused-ring (bicyclic) bond motifs is 8. The summed E-state index contributed by atoms with van der Waals surface area (Å²) in [5.74, 6) is -2.25. The van der Waals surface area contributed by atoms with Gasteiger partial charge in [-0.05, 0) is 135 Å². The number of nitrogens with zero attached hydrogens (tertiary/aromatic N) is 2. The van der Waals surface area contributed by atoms with E-state index in [4.69, 9.17) is 9.97 Å². The summed E-state index contributed by atoms with van der Waals surface area (Å²) in [5.41, 5.74) is 14.9. The van der Waals surface area contributed by atoms with Gasteiger partial charge in [0.2, 0.25) is 0 Å². The molecule has 9 heteroatoms. The van der Waals surface area contributed by atoms with Gasteiger partial charge in [-0.25, -0.2) is 9.97 Å². The Hall–Kier alpha value is -3.88. The van der Waals surface area contributed by atoms with Crippen molar-refractivity contribution in [3.8, 4) is 0 Å². The van der Waals surface area contributed by atoms with E-state index in [1.165, 1.54) is 16.7 Å². The number of aliphatic carboxylic acids is 2. The van der Waals surface area contributed by atoms with E-state index in [2.05, 4.69) is 43.7 Å².